The normalized spacial score (nSPS) is 9.27. The van der Waals surface area contributed by atoms with Crippen LogP contribution >= 0.6 is 15.9 Å². The number of halogens is 1. The molecule has 1 aromatic heterocycles. The molecule has 0 amide bonds. The molecule has 0 aromatic carbocycles. The molecule has 11 heavy (non-hydrogen) atoms. The van der Waals surface area contributed by atoms with Crippen LogP contribution in [0, 0.1) is 0 Å². The number of hydrogen-bond acceptors (Lipinski definition) is 4. The van der Waals surface area contributed by atoms with E-state index in [1.54, 1.807) is 0 Å². The fourth-order valence-corrected chi connectivity index (χ4v) is 0.686. The van der Waals surface area contributed by atoms with Crippen molar-refractivity contribution in [3.63, 3.8) is 0 Å². The summed E-state index contributed by atoms with van der Waals surface area (Å²) in [6, 6.07) is 0.0701. The highest BCUT2D eigenvalue weighted by atomic mass is 79.9. The summed E-state index contributed by atoms with van der Waals surface area (Å²) in [4.78, 5) is 17.8. The summed E-state index contributed by atoms with van der Waals surface area (Å²) < 4.78 is 5.33. The molecule has 1 aromatic rings. The molecule has 0 N–H and O–H groups in total. The van der Waals surface area contributed by atoms with Gasteiger partial charge in [-0.1, -0.05) is 0 Å². The van der Waals surface area contributed by atoms with Crippen molar-refractivity contribution in [2.45, 2.75) is 6.92 Å². The van der Waals surface area contributed by atoms with Crippen LogP contribution in [0.4, 0.5) is 0 Å². The van der Waals surface area contributed by atoms with Crippen molar-refractivity contribution in [1.82, 2.24) is 9.97 Å². The molecule has 0 aliphatic heterocycles. The smallest absolute Gasteiger partial charge is 0.324 e. The number of nitrogens with zero attached hydrogens (tertiary/aromatic N) is 2. The molecule has 0 saturated carbocycles. The van der Waals surface area contributed by atoms with E-state index in [9.17, 15) is 4.79 Å². The van der Waals surface area contributed by atoms with Gasteiger partial charge in [0.05, 0.1) is 4.47 Å². The Bertz CT molecular complexity index is 260. The Morgan fingerprint density at radius 2 is 2.09 bits per heavy atom. The summed E-state index contributed by atoms with van der Waals surface area (Å²) in [5, 5.41) is 0. The van der Waals surface area contributed by atoms with Crippen LogP contribution in [0.25, 0.3) is 0 Å². The van der Waals surface area contributed by atoms with Crippen LogP contribution in [0.5, 0.6) is 6.01 Å². The lowest BCUT2D eigenvalue weighted by Gasteiger charge is -1.96. The Hall–Kier alpha value is -0.970. The predicted octanol–water partition coefficient (Wildman–Crippen LogP) is 1.16. The van der Waals surface area contributed by atoms with Crippen LogP contribution in [0.15, 0.2) is 16.9 Å². The first-order chi connectivity index (χ1) is 5.18. The number of rotatable bonds is 1. The number of hydrogen-bond donors (Lipinski definition) is 0. The van der Waals surface area contributed by atoms with Gasteiger partial charge in [0.2, 0.25) is 0 Å². The molecule has 0 atom stereocenters. The number of ether oxygens (including phenoxy) is 1. The molecule has 5 heteroatoms. The van der Waals surface area contributed by atoms with Gasteiger partial charge in [-0.2, -0.15) is 0 Å². The average Bonchev–Trinajstić information content (AvgIpc) is 1.93. The zero-order valence-electron chi connectivity index (χ0n) is 5.74. The summed E-state index contributed by atoms with van der Waals surface area (Å²) >= 11 is 3.15. The average molecular weight is 217 g/mol. The van der Waals surface area contributed by atoms with Gasteiger partial charge in [-0.05, 0) is 15.9 Å². The lowest BCUT2D eigenvalue weighted by Crippen LogP contribution is -2.04. The second kappa shape index (κ2) is 3.43. The molecule has 0 spiro atoms. The molecule has 58 valence electrons. The Kier molecular flexibility index (Phi) is 2.53. The molecular weight excluding hydrogens is 212 g/mol. The fraction of sp³-hybridized carbons (Fsp3) is 0.167. The molecule has 4 nitrogen and oxygen atoms in total. The van der Waals surface area contributed by atoms with Gasteiger partial charge in [0.25, 0.3) is 0 Å². The lowest BCUT2D eigenvalue weighted by molar-refractivity contribution is -0.132. The number of aromatic nitrogens is 2. The monoisotopic (exact) mass is 216 g/mol. The van der Waals surface area contributed by atoms with E-state index in [0.717, 1.165) is 4.47 Å². The van der Waals surface area contributed by atoms with Gasteiger partial charge in [0.1, 0.15) is 0 Å². The van der Waals surface area contributed by atoms with Gasteiger partial charge in [-0.25, -0.2) is 9.97 Å². The Morgan fingerprint density at radius 3 is 2.55 bits per heavy atom. The molecule has 0 unspecified atom stereocenters. The second-order valence-corrected chi connectivity index (χ2v) is 2.69. The van der Waals surface area contributed by atoms with Gasteiger partial charge >= 0.3 is 12.0 Å². The largest absolute Gasteiger partial charge is 0.391 e. The minimum atomic E-state index is -0.424. The summed E-state index contributed by atoms with van der Waals surface area (Å²) in [5.41, 5.74) is 0. The van der Waals surface area contributed by atoms with Gasteiger partial charge in [-0.15, -0.1) is 0 Å². The third kappa shape index (κ3) is 2.63. The van der Waals surface area contributed by atoms with E-state index in [2.05, 4.69) is 30.6 Å². The van der Waals surface area contributed by atoms with Crippen molar-refractivity contribution in [2.24, 2.45) is 0 Å². The van der Waals surface area contributed by atoms with E-state index in [0.29, 0.717) is 0 Å². The number of esters is 1. The van der Waals surface area contributed by atoms with Crippen molar-refractivity contribution in [2.75, 3.05) is 0 Å². The Balaban J connectivity index is 2.74. The predicted molar refractivity (Wildman–Crippen MR) is 41.0 cm³/mol. The topological polar surface area (TPSA) is 52.1 Å². The quantitative estimate of drug-likeness (QED) is 0.662. The minimum Gasteiger partial charge on any atom is -0.391 e. The maximum atomic E-state index is 10.4. The summed E-state index contributed by atoms with van der Waals surface area (Å²) in [6.45, 7) is 1.30. The van der Waals surface area contributed by atoms with Gasteiger partial charge < -0.3 is 4.74 Å². The van der Waals surface area contributed by atoms with Gasteiger partial charge in [0.15, 0.2) is 0 Å². The van der Waals surface area contributed by atoms with Crippen molar-refractivity contribution < 1.29 is 9.53 Å². The standard InChI is InChI=1S/C6H5BrN2O2/c1-4(10)11-6-8-2-5(7)3-9-6/h2-3H,1H3. The first kappa shape index (κ1) is 8.13. The first-order valence-electron chi connectivity index (χ1n) is 2.84. The fourth-order valence-electron chi connectivity index (χ4n) is 0.482. The highest BCUT2D eigenvalue weighted by Gasteiger charge is 1.98. The van der Waals surface area contributed by atoms with Crippen molar-refractivity contribution in [3.05, 3.63) is 16.9 Å². The zero-order valence-corrected chi connectivity index (χ0v) is 7.33. The van der Waals surface area contributed by atoms with Gasteiger partial charge in [0, 0.05) is 19.3 Å². The van der Waals surface area contributed by atoms with Crippen LogP contribution in [0.3, 0.4) is 0 Å². The number of carbonyl (C=O) groups excluding carboxylic acids is 1. The molecule has 0 saturated heterocycles. The summed E-state index contributed by atoms with van der Waals surface area (Å²) in [6.07, 6.45) is 3.01. The molecule has 0 radical (unpaired) electrons. The van der Waals surface area contributed by atoms with Crippen LogP contribution in [0.1, 0.15) is 6.92 Å². The summed E-state index contributed by atoms with van der Waals surface area (Å²) in [7, 11) is 0. The van der Waals surface area contributed by atoms with E-state index in [-0.39, 0.29) is 6.01 Å². The van der Waals surface area contributed by atoms with E-state index in [1.807, 2.05) is 0 Å². The maximum absolute atomic E-state index is 10.4. The molecular formula is C6H5BrN2O2. The third-order valence-corrected chi connectivity index (χ3v) is 1.24. The van der Waals surface area contributed by atoms with Crippen LogP contribution in [-0.4, -0.2) is 15.9 Å². The molecule has 0 bridgehead atoms. The lowest BCUT2D eigenvalue weighted by atomic mass is 10.7. The third-order valence-electron chi connectivity index (χ3n) is 0.832. The van der Waals surface area contributed by atoms with Crippen molar-refractivity contribution in [3.8, 4) is 6.01 Å². The molecule has 1 rings (SSSR count). The Morgan fingerprint density at radius 1 is 1.55 bits per heavy atom. The summed E-state index contributed by atoms with van der Waals surface area (Å²) in [5.74, 6) is -0.424. The highest BCUT2D eigenvalue weighted by Crippen LogP contribution is 2.07. The van der Waals surface area contributed by atoms with E-state index in [1.165, 1.54) is 19.3 Å². The minimum absolute atomic E-state index is 0.0701. The van der Waals surface area contributed by atoms with Crippen LogP contribution in [0.2, 0.25) is 0 Å². The molecule has 0 fully saturated rings. The SMILES string of the molecule is CC(=O)Oc1ncc(Br)cn1. The number of carbonyl (C=O) groups is 1. The van der Waals surface area contributed by atoms with E-state index >= 15 is 0 Å². The van der Waals surface area contributed by atoms with E-state index < -0.39 is 5.97 Å². The van der Waals surface area contributed by atoms with Gasteiger partial charge in [-0.3, -0.25) is 4.79 Å². The molecule has 0 aliphatic rings. The zero-order chi connectivity index (χ0) is 8.27. The van der Waals surface area contributed by atoms with Crippen LogP contribution < -0.4 is 4.74 Å². The van der Waals surface area contributed by atoms with Crippen LogP contribution in [-0.2, 0) is 4.79 Å². The maximum Gasteiger partial charge on any atom is 0.324 e. The highest BCUT2D eigenvalue weighted by molar-refractivity contribution is 9.10. The van der Waals surface area contributed by atoms with E-state index in [4.69, 9.17) is 0 Å². The van der Waals surface area contributed by atoms with Crippen molar-refractivity contribution in [1.29, 1.82) is 0 Å². The molecule has 1 heterocycles. The molecule has 0 aliphatic carbocycles. The second-order valence-electron chi connectivity index (χ2n) is 1.78. The Labute approximate surface area is 71.7 Å². The first-order valence-corrected chi connectivity index (χ1v) is 3.64. The van der Waals surface area contributed by atoms with Crippen molar-refractivity contribution >= 4 is 21.9 Å².